The molecule has 1 aromatic rings. The van der Waals surface area contributed by atoms with E-state index in [1.165, 1.54) is 0 Å². The Kier molecular flexibility index (Phi) is 4.53. The predicted molar refractivity (Wildman–Crippen MR) is 58.0 cm³/mol. The number of nitrogens with zero attached hydrogens (tertiary/aromatic N) is 2. The summed E-state index contributed by atoms with van der Waals surface area (Å²) in [6.45, 7) is 7.16. The van der Waals surface area contributed by atoms with Crippen LogP contribution in [-0.4, -0.2) is 16.0 Å². The first-order valence-electron chi connectivity index (χ1n) is 5.26. The number of nitrogens with one attached hydrogen (secondary N) is 1. The Morgan fingerprint density at radius 1 is 1.43 bits per heavy atom. The maximum atomic E-state index is 4.46. The highest BCUT2D eigenvalue weighted by Gasteiger charge is 1.99. The summed E-state index contributed by atoms with van der Waals surface area (Å²) < 4.78 is 0. The van der Waals surface area contributed by atoms with Gasteiger partial charge in [-0.15, -0.1) is 0 Å². The topological polar surface area (TPSA) is 37.8 Å². The lowest BCUT2D eigenvalue weighted by molar-refractivity contribution is 0.570. The first kappa shape index (κ1) is 11.1. The molecule has 3 heteroatoms. The summed E-state index contributed by atoms with van der Waals surface area (Å²) in [5, 5.41) is 3.31. The van der Waals surface area contributed by atoms with Gasteiger partial charge < -0.3 is 5.32 Å². The normalized spacial score (nSPS) is 10.9. The number of rotatable bonds is 5. The van der Waals surface area contributed by atoms with Crippen molar-refractivity contribution in [2.75, 3.05) is 0 Å². The van der Waals surface area contributed by atoms with Gasteiger partial charge in [-0.3, -0.25) is 0 Å². The minimum atomic E-state index is 0.480. The zero-order valence-corrected chi connectivity index (χ0v) is 9.25. The first-order valence-corrected chi connectivity index (χ1v) is 5.26. The third kappa shape index (κ3) is 3.83. The van der Waals surface area contributed by atoms with Crippen molar-refractivity contribution in [1.29, 1.82) is 0 Å². The van der Waals surface area contributed by atoms with E-state index in [0.29, 0.717) is 6.04 Å². The van der Waals surface area contributed by atoms with E-state index in [-0.39, 0.29) is 0 Å². The molecule has 0 fully saturated rings. The predicted octanol–water partition coefficient (Wildman–Crippen LogP) is 1.93. The number of aromatic nitrogens is 2. The lowest BCUT2D eigenvalue weighted by atomic mass is 10.2. The highest BCUT2D eigenvalue weighted by molar-refractivity contribution is 5.02. The van der Waals surface area contributed by atoms with Crippen molar-refractivity contribution in [2.24, 2.45) is 0 Å². The summed E-state index contributed by atoms with van der Waals surface area (Å²) in [6, 6.07) is 2.47. The Labute approximate surface area is 86.0 Å². The fraction of sp³-hybridized carbons (Fsp3) is 0.636. The maximum absolute atomic E-state index is 4.46. The Morgan fingerprint density at radius 3 is 2.86 bits per heavy atom. The molecule has 0 bridgehead atoms. The molecular weight excluding hydrogens is 174 g/mol. The van der Waals surface area contributed by atoms with Crippen molar-refractivity contribution in [3.63, 3.8) is 0 Å². The van der Waals surface area contributed by atoms with E-state index in [0.717, 1.165) is 30.9 Å². The van der Waals surface area contributed by atoms with Gasteiger partial charge in [0.25, 0.3) is 0 Å². The van der Waals surface area contributed by atoms with Crippen LogP contribution in [0.1, 0.15) is 38.7 Å². The van der Waals surface area contributed by atoms with Crippen LogP contribution in [0.4, 0.5) is 0 Å². The van der Waals surface area contributed by atoms with Crippen molar-refractivity contribution < 1.29 is 0 Å². The molecule has 0 unspecified atom stereocenters. The Bertz CT molecular complexity index is 271. The van der Waals surface area contributed by atoms with Gasteiger partial charge in [0.2, 0.25) is 0 Å². The van der Waals surface area contributed by atoms with Crippen LogP contribution in [0.15, 0.2) is 12.3 Å². The van der Waals surface area contributed by atoms with Crippen LogP contribution in [0.2, 0.25) is 0 Å². The van der Waals surface area contributed by atoms with E-state index in [1.807, 2.05) is 12.3 Å². The van der Waals surface area contributed by atoms with Crippen molar-refractivity contribution in [2.45, 2.75) is 46.2 Å². The molecule has 0 aromatic carbocycles. The van der Waals surface area contributed by atoms with E-state index in [4.69, 9.17) is 0 Å². The molecule has 1 aromatic heterocycles. The summed E-state index contributed by atoms with van der Waals surface area (Å²) in [7, 11) is 0. The van der Waals surface area contributed by atoms with Crippen LogP contribution in [0.25, 0.3) is 0 Å². The van der Waals surface area contributed by atoms with Gasteiger partial charge >= 0.3 is 0 Å². The van der Waals surface area contributed by atoms with Gasteiger partial charge in [0.05, 0.1) is 6.54 Å². The van der Waals surface area contributed by atoms with Crippen LogP contribution >= 0.6 is 0 Å². The molecule has 14 heavy (non-hydrogen) atoms. The Hall–Kier alpha value is -0.960. The number of hydrogen-bond donors (Lipinski definition) is 1. The van der Waals surface area contributed by atoms with Crippen LogP contribution in [-0.2, 0) is 13.0 Å². The van der Waals surface area contributed by atoms with Gasteiger partial charge in [0.15, 0.2) is 0 Å². The molecule has 1 heterocycles. The highest BCUT2D eigenvalue weighted by Crippen LogP contribution is 1.99. The quantitative estimate of drug-likeness (QED) is 0.776. The smallest absolute Gasteiger partial charge is 0.142 e. The lowest BCUT2D eigenvalue weighted by Crippen LogP contribution is -2.23. The molecule has 0 saturated carbocycles. The molecule has 0 spiro atoms. The van der Waals surface area contributed by atoms with Crippen LogP contribution < -0.4 is 5.32 Å². The fourth-order valence-electron chi connectivity index (χ4n) is 1.22. The van der Waals surface area contributed by atoms with Crippen molar-refractivity contribution in [3.8, 4) is 0 Å². The van der Waals surface area contributed by atoms with Crippen LogP contribution in [0.5, 0.6) is 0 Å². The van der Waals surface area contributed by atoms with E-state index in [1.54, 1.807) is 0 Å². The highest BCUT2D eigenvalue weighted by atomic mass is 15.0. The van der Waals surface area contributed by atoms with Gasteiger partial charge in [-0.25, -0.2) is 9.97 Å². The lowest BCUT2D eigenvalue weighted by Gasteiger charge is -2.07. The minimum Gasteiger partial charge on any atom is -0.308 e. The Balaban J connectivity index is 2.54. The summed E-state index contributed by atoms with van der Waals surface area (Å²) >= 11 is 0. The second-order valence-electron chi connectivity index (χ2n) is 3.75. The van der Waals surface area contributed by atoms with Gasteiger partial charge in [-0.1, -0.05) is 27.2 Å². The van der Waals surface area contributed by atoms with Crippen molar-refractivity contribution in [1.82, 2.24) is 15.3 Å². The average Bonchev–Trinajstić information content (AvgIpc) is 2.16. The second-order valence-corrected chi connectivity index (χ2v) is 3.75. The molecule has 0 atom stereocenters. The fourth-order valence-corrected chi connectivity index (χ4v) is 1.22. The van der Waals surface area contributed by atoms with Gasteiger partial charge in [-0.2, -0.15) is 0 Å². The third-order valence-electron chi connectivity index (χ3n) is 1.94. The molecule has 0 aliphatic heterocycles. The standard InChI is InChI=1S/C11H19N3/c1-4-5-10-6-7-12-11(14-10)8-13-9(2)3/h6-7,9,13H,4-5,8H2,1-3H3. The van der Waals surface area contributed by atoms with Gasteiger partial charge in [0.1, 0.15) is 5.82 Å². The van der Waals surface area contributed by atoms with Crippen LogP contribution in [0.3, 0.4) is 0 Å². The summed E-state index contributed by atoms with van der Waals surface area (Å²) in [5.74, 6) is 0.893. The van der Waals surface area contributed by atoms with E-state index in [9.17, 15) is 0 Å². The molecule has 0 saturated heterocycles. The van der Waals surface area contributed by atoms with Crippen molar-refractivity contribution >= 4 is 0 Å². The minimum absolute atomic E-state index is 0.480. The van der Waals surface area contributed by atoms with Crippen molar-refractivity contribution in [3.05, 3.63) is 23.8 Å². The van der Waals surface area contributed by atoms with E-state index in [2.05, 4.69) is 36.1 Å². The molecular formula is C11H19N3. The number of aryl methyl sites for hydroxylation is 1. The molecule has 0 radical (unpaired) electrons. The first-order chi connectivity index (χ1) is 6.72. The zero-order chi connectivity index (χ0) is 10.4. The Morgan fingerprint density at radius 2 is 2.21 bits per heavy atom. The molecule has 1 N–H and O–H groups in total. The largest absolute Gasteiger partial charge is 0.308 e. The molecule has 1 rings (SSSR count). The number of hydrogen-bond acceptors (Lipinski definition) is 3. The van der Waals surface area contributed by atoms with Gasteiger partial charge in [-0.05, 0) is 12.5 Å². The molecule has 0 aliphatic rings. The molecule has 0 aliphatic carbocycles. The second kappa shape index (κ2) is 5.70. The molecule has 0 amide bonds. The molecule has 78 valence electrons. The monoisotopic (exact) mass is 193 g/mol. The molecule has 3 nitrogen and oxygen atoms in total. The SMILES string of the molecule is CCCc1ccnc(CNC(C)C)n1. The van der Waals surface area contributed by atoms with Gasteiger partial charge in [0, 0.05) is 17.9 Å². The van der Waals surface area contributed by atoms with E-state index < -0.39 is 0 Å². The average molecular weight is 193 g/mol. The summed E-state index contributed by atoms with van der Waals surface area (Å²) in [6.07, 6.45) is 4.01. The van der Waals surface area contributed by atoms with Crippen LogP contribution in [0, 0.1) is 0 Å². The summed E-state index contributed by atoms with van der Waals surface area (Å²) in [4.78, 5) is 8.68. The zero-order valence-electron chi connectivity index (χ0n) is 9.25. The maximum Gasteiger partial charge on any atom is 0.142 e. The summed E-state index contributed by atoms with van der Waals surface area (Å²) in [5.41, 5.74) is 1.14. The third-order valence-corrected chi connectivity index (χ3v) is 1.94. The van der Waals surface area contributed by atoms with E-state index >= 15 is 0 Å².